The van der Waals surface area contributed by atoms with Gasteiger partial charge in [-0.25, -0.2) is 4.98 Å². The molecule has 2 heterocycles. The number of rotatable bonds is 4. The third kappa shape index (κ3) is 2.56. The van der Waals surface area contributed by atoms with Crippen molar-refractivity contribution in [2.24, 2.45) is 0 Å². The Morgan fingerprint density at radius 3 is 2.50 bits per heavy atom. The molecule has 1 aliphatic heterocycles. The van der Waals surface area contributed by atoms with Crippen molar-refractivity contribution in [3.05, 3.63) is 36.4 Å². The maximum atomic E-state index is 5.92. The average Bonchev–Trinajstić information content (AvgIpc) is 3.29. The lowest BCUT2D eigenvalue weighted by molar-refractivity contribution is 0.355. The van der Waals surface area contributed by atoms with Gasteiger partial charge < -0.3 is 18.8 Å². The second-order valence-corrected chi connectivity index (χ2v) is 5.93. The predicted octanol–water partition coefficient (Wildman–Crippen LogP) is 4.11. The first-order valence-corrected chi connectivity index (χ1v) is 8.16. The van der Waals surface area contributed by atoms with Crippen LogP contribution in [0.3, 0.4) is 0 Å². The molecule has 24 heavy (non-hydrogen) atoms. The van der Waals surface area contributed by atoms with Crippen molar-refractivity contribution in [3.63, 3.8) is 0 Å². The zero-order valence-electron chi connectivity index (χ0n) is 13.9. The molecule has 3 aromatic rings. The molecule has 1 aliphatic rings. The Morgan fingerprint density at radius 1 is 0.958 bits per heavy atom. The van der Waals surface area contributed by atoms with E-state index in [1.165, 1.54) is 18.5 Å². The van der Waals surface area contributed by atoms with Crippen molar-refractivity contribution >= 4 is 16.8 Å². The quantitative estimate of drug-likeness (QED) is 0.723. The summed E-state index contributed by atoms with van der Waals surface area (Å²) in [5.41, 5.74) is 3.76. The molecule has 0 atom stereocenters. The largest absolute Gasteiger partial charge is 0.493 e. The van der Waals surface area contributed by atoms with Crippen molar-refractivity contribution in [2.45, 2.75) is 12.8 Å². The maximum Gasteiger partial charge on any atom is 0.227 e. The zero-order chi connectivity index (χ0) is 16.5. The van der Waals surface area contributed by atoms with Crippen LogP contribution in [0.4, 0.5) is 5.69 Å². The number of nitrogens with zero attached hydrogens (tertiary/aromatic N) is 2. The number of hydrogen-bond acceptors (Lipinski definition) is 5. The highest BCUT2D eigenvalue weighted by Gasteiger charge is 2.15. The van der Waals surface area contributed by atoms with Crippen LogP contribution in [-0.2, 0) is 0 Å². The van der Waals surface area contributed by atoms with E-state index in [2.05, 4.69) is 22.0 Å². The van der Waals surface area contributed by atoms with Crippen molar-refractivity contribution in [1.29, 1.82) is 0 Å². The first-order valence-electron chi connectivity index (χ1n) is 8.16. The lowest BCUT2D eigenvalue weighted by Gasteiger charge is -2.16. The Kier molecular flexibility index (Phi) is 3.76. The molecule has 2 aromatic carbocycles. The number of methoxy groups -OCH3 is 2. The fourth-order valence-electron chi connectivity index (χ4n) is 3.18. The van der Waals surface area contributed by atoms with Crippen LogP contribution in [0.25, 0.3) is 22.6 Å². The second kappa shape index (κ2) is 6.07. The van der Waals surface area contributed by atoms with Gasteiger partial charge in [-0.05, 0) is 49.2 Å². The third-order valence-electron chi connectivity index (χ3n) is 4.47. The minimum absolute atomic E-state index is 0.588. The van der Waals surface area contributed by atoms with Crippen LogP contribution < -0.4 is 14.4 Å². The fourth-order valence-corrected chi connectivity index (χ4v) is 3.18. The molecule has 4 rings (SSSR count). The molecule has 1 aromatic heterocycles. The molecule has 124 valence electrons. The van der Waals surface area contributed by atoms with Crippen LogP contribution in [0, 0.1) is 0 Å². The Labute approximate surface area is 140 Å². The number of aromatic nitrogens is 1. The van der Waals surface area contributed by atoms with E-state index in [4.69, 9.17) is 13.9 Å². The molecular weight excluding hydrogens is 304 g/mol. The number of hydrogen-bond donors (Lipinski definition) is 0. The topological polar surface area (TPSA) is 47.7 Å². The summed E-state index contributed by atoms with van der Waals surface area (Å²) in [7, 11) is 3.24. The van der Waals surface area contributed by atoms with E-state index in [-0.39, 0.29) is 0 Å². The van der Waals surface area contributed by atoms with Gasteiger partial charge in [0.15, 0.2) is 17.1 Å². The molecule has 0 aliphatic carbocycles. The number of fused-ring (bicyclic) bond motifs is 1. The smallest absolute Gasteiger partial charge is 0.227 e. The van der Waals surface area contributed by atoms with Crippen molar-refractivity contribution < 1.29 is 13.9 Å². The molecule has 0 N–H and O–H groups in total. The summed E-state index contributed by atoms with van der Waals surface area (Å²) in [6.07, 6.45) is 2.52. The van der Waals surface area contributed by atoms with Crippen LogP contribution in [0.1, 0.15) is 12.8 Å². The van der Waals surface area contributed by atoms with E-state index < -0.39 is 0 Å². The lowest BCUT2D eigenvalue weighted by atomic mass is 10.2. The lowest BCUT2D eigenvalue weighted by Crippen LogP contribution is -2.17. The van der Waals surface area contributed by atoms with Gasteiger partial charge in [-0.15, -0.1) is 0 Å². The standard InChI is InChI=1S/C19H20N2O3/c1-22-17-7-5-13(11-18(17)23-2)19-20-15-12-14(6-8-16(15)24-19)21-9-3-4-10-21/h5-8,11-12H,3-4,9-10H2,1-2H3. The van der Waals surface area contributed by atoms with Crippen molar-refractivity contribution in [2.75, 3.05) is 32.2 Å². The highest BCUT2D eigenvalue weighted by molar-refractivity contribution is 5.80. The molecule has 0 saturated carbocycles. The monoisotopic (exact) mass is 324 g/mol. The van der Waals surface area contributed by atoms with E-state index in [9.17, 15) is 0 Å². The first-order chi connectivity index (χ1) is 11.8. The average molecular weight is 324 g/mol. The summed E-state index contributed by atoms with van der Waals surface area (Å²) in [4.78, 5) is 7.05. The van der Waals surface area contributed by atoms with E-state index in [0.717, 1.165) is 29.8 Å². The second-order valence-electron chi connectivity index (χ2n) is 5.93. The number of oxazole rings is 1. The van der Waals surface area contributed by atoms with E-state index in [1.54, 1.807) is 14.2 Å². The molecule has 1 saturated heterocycles. The number of benzene rings is 2. The zero-order valence-corrected chi connectivity index (χ0v) is 13.9. The first kappa shape index (κ1) is 14.9. The van der Waals surface area contributed by atoms with Gasteiger partial charge in [-0.1, -0.05) is 0 Å². The molecule has 5 nitrogen and oxygen atoms in total. The Bertz CT molecular complexity index is 866. The maximum absolute atomic E-state index is 5.92. The van der Waals surface area contributed by atoms with E-state index >= 15 is 0 Å². The van der Waals surface area contributed by atoms with Crippen LogP contribution in [0.2, 0.25) is 0 Å². The molecule has 1 fully saturated rings. The fraction of sp³-hybridized carbons (Fsp3) is 0.316. The molecule has 0 unspecified atom stereocenters. The summed E-state index contributed by atoms with van der Waals surface area (Å²) >= 11 is 0. The summed E-state index contributed by atoms with van der Waals surface area (Å²) in [5, 5.41) is 0. The van der Waals surface area contributed by atoms with Crippen molar-refractivity contribution in [1.82, 2.24) is 4.98 Å². The highest BCUT2D eigenvalue weighted by atomic mass is 16.5. The SMILES string of the molecule is COc1ccc(-c2nc3cc(N4CCCC4)ccc3o2)cc1OC. The minimum atomic E-state index is 0.588. The predicted molar refractivity (Wildman–Crippen MR) is 94.0 cm³/mol. The molecule has 0 bridgehead atoms. The highest BCUT2D eigenvalue weighted by Crippen LogP contribution is 2.34. The van der Waals surface area contributed by atoms with E-state index in [0.29, 0.717) is 17.4 Å². The van der Waals surface area contributed by atoms with Gasteiger partial charge in [0.1, 0.15) is 5.52 Å². The Hall–Kier alpha value is -2.69. The molecule has 0 amide bonds. The van der Waals surface area contributed by atoms with Gasteiger partial charge in [0.25, 0.3) is 0 Å². The van der Waals surface area contributed by atoms with Gasteiger partial charge in [-0.2, -0.15) is 0 Å². The van der Waals surface area contributed by atoms with Gasteiger partial charge in [0.05, 0.1) is 14.2 Å². The number of anilines is 1. The summed E-state index contributed by atoms with van der Waals surface area (Å²) in [6.45, 7) is 2.23. The summed E-state index contributed by atoms with van der Waals surface area (Å²) in [6, 6.07) is 11.9. The molecule has 5 heteroatoms. The molecule has 0 radical (unpaired) electrons. The van der Waals surface area contributed by atoms with E-state index in [1.807, 2.05) is 24.3 Å². The van der Waals surface area contributed by atoms with Crippen LogP contribution in [0.15, 0.2) is 40.8 Å². The van der Waals surface area contributed by atoms with Gasteiger partial charge >= 0.3 is 0 Å². The number of ether oxygens (including phenoxy) is 2. The van der Waals surface area contributed by atoms with Gasteiger partial charge in [-0.3, -0.25) is 0 Å². The van der Waals surface area contributed by atoms with Gasteiger partial charge in [0, 0.05) is 24.3 Å². The normalized spacial score (nSPS) is 14.3. The molecular formula is C19H20N2O3. The van der Waals surface area contributed by atoms with Gasteiger partial charge in [0.2, 0.25) is 5.89 Å². The Balaban J connectivity index is 1.72. The molecule has 0 spiro atoms. The van der Waals surface area contributed by atoms with Crippen LogP contribution in [0.5, 0.6) is 11.5 Å². The summed E-state index contributed by atoms with van der Waals surface area (Å²) < 4.78 is 16.6. The minimum Gasteiger partial charge on any atom is -0.493 e. The van der Waals surface area contributed by atoms with Crippen LogP contribution >= 0.6 is 0 Å². The third-order valence-corrected chi connectivity index (χ3v) is 4.47. The van der Waals surface area contributed by atoms with Crippen molar-refractivity contribution in [3.8, 4) is 23.0 Å². The van der Waals surface area contributed by atoms with Crippen LogP contribution in [-0.4, -0.2) is 32.3 Å². The summed E-state index contributed by atoms with van der Waals surface area (Å²) in [5.74, 6) is 1.94. The Morgan fingerprint density at radius 2 is 1.75 bits per heavy atom.